The van der Waals surface area contributed by atoms with Gasteiger partial charge in [-0.1, -0.05) is 149 Å². The van der Waals surface area contributed by atoms with E-state index < -0.39 is 0 Å². The Hall–Kier alpha value is -4.88. The van der Waals surface area contributed by atoms with Crippen LogP contribution in [0, 0.1) is 11.8 Å². The SMILES string of the molecule is CC1(C)c2ccccc2-c2ccc(N(c3ccc(-c4cccc(C5CCCCC5)c4)cc3)c3ccc(C4CC5CCC4C5)cc3)c(-c3ccccc3)c21. The molecule has 0 aliphatic heterocycles. The highest BCUT2D eigenvalue weighted by Gasteiger charge is 2.41. The van der Waals surface area contributed by atoms with E-state index in [2.05, 4.69) is 158 Å². The molecule has 53 heavy (non-hydrogen) atoms. The number of benzene rings is 6. The van der Waals surface area contributed by atoms with E-state index in [0.29, 0.717) is 5.92 Å². The van der Waals surface area contributed by atoms with Crippen molar-refractivity contribution in [1.29, 1.82) is 0 Å². The van der Waals surface area contributed by atoms with E-state index in [4.69, 9.17) is 0 Å². The van der Waals surface area contributed by atoms with Crippen molar-refractivity contribution in [3.8, 4) is 33.4 Å². The summed E-state index contributed by atoms with van der Waals surface area (Å²) in [7, 11) is 0. The van der Waals surface area contributed by atoms with E-state index >= 15 is 0 Å². The lowest BCUT2D eigenvalue weighted by Crippen LogP contribution is -2.19. The Bertz CT molecular complexity index is 2250. The molecule has 3 unspecified atom stereocenters. The van der Waals surface area contributed by atoms with Crippen LogP contribution >= 0.6 is 0 Å². The van der Waals surface area contributed by atoms with E-state index in [0.717, 1.165) is 17.8 Å². The minimum atomic E-state index is -0.141. The Morgan fingerprint density at radius 1 is 0.528 bits per heavy atom. The van der Waals surface area contributed by atoms with Gasteiger partial charge in [0, 0.05) is 22.4 Å². The molecule has 2 bridgehead atoms. The Morgan fingerprint density at radius 3 is 1.98 bits per heavy atom. The molecular formula is C52H51N. The second kappa shape index (κ2) is 13.2. The molecule has 1 nitrogen and oxygen atoms in total. The molecule has 3 atom stereocenters. The molecule has 0 radical (unpaired) electrons. The molecular weight excluding hydrogens is 639 g/mol. The van der Waals surface area contributed by atoms with Crippen LogP contribution in [-0.2, 0) is 5.41 Å². The lowest BCUT2D eigenvalue weighted by atomic mass is 9.78. The first-order valence-electron chi connectivity index (χ1n) is 20.5. The van der Waals surface area contributed by atoms with Crippen LogP contribution in [0.25, 0.3) is 33.4 Å². The molecule has 6 aromatic rings. The van der Waals surface area contributed by atoms with Crippen molar-refractivity contribution in [2.45, 2.75) is 88.9 Å². The molecule has 0 heterocycles. The van der Waals surface area contributed by atoms with Gasteiger partial charge in [0.1, 0.15) is 0 Å². The third kappa shape index (κ3) is 5.67. The number of rotatable bonds is 7. The van der Waals surface area contributed by atoms with Crippen LogP contribution in [0.1, 0.15) is 106 Å². The summed E-state index contributed by atoms with van der Waals surface area (Å²) >= 11 is 0. The number of hydrogen-bond acceptors (Lipinski definition) is 1. The summed E-state index contributed by atoms with van der Waals surface area (Å²) in [6.45, 7) is 4.83. The molecule has 0 amide bonds. The molecule has 4 aliphatic carbocycles. The zero-order valence-corrected chi connectivity index (χ0v) is 31.4. The summed E-state index contributed by atoms with van der Waals surface area (Å²) in [5.74, 6) is 3.23. The largest absolute Gasteiger partial charge is 0.310 e. The Balaban J connectivity index is 1.11. The van der Waals surface area contributed by atoms with Gasteiger partial charge in [0.25, 0.3) is 0 Å². The zero-order chi connectivity index (χ0) is 35.5. The molecule has 3 saturated carbocycles. The maximum absolute atomic E-state index is 2.54. The van der Waals surface area contributed by atoms with Crippen LogP contribution in [0.4, 0.5) is 17.1 Å². The van der Waals surface area contributed by atoms with E-state index in [9.17, 15) is 0 Å². The zero-order valence-electron chi connectivity index (χ0n) is 31.4. The highest BCUT2D eigenvalue weighted by atomic mass is 15.1. The van der Waals surface area contributed by atoms with Gasteiger partial charge in [0.15, 0.2) is 0 Å². The van der Waals surface area contributed by atoms with Crippen LogP contribution in [0.5, 0.6) is 0 Å². The highest BCUT2D eigenvalue weighted by molar-refractivity contribution is 5.97. The number of anilines is 3. The summed E-state index contributed by atoms with van der Waals surface area (Å²) in [6.07, 6.45) is 12.4. The van der Waals surface area contributed by atoms with Gasteiger partial charge in [-0.05, 0) is 136 Å². The third-order valence-corrected chi connectivity index (χ3v) is 13.7. The normalized spacial score (nSPS) is 21.4. The smallest absolute Gasteiger partial charge is 0.0543 e. The van der Waals surface area contributed by atoms with Crippen molar-refractivity contribution in [3.63, 3.8) is 0 Å². The minimum Gasteiger partial charge on any atom is -0.310 e. The minimum absolute atomic E-state index is 0.141. The van der Waals surface area contributed by atoms with Gasteiger partial charge in [-0.25, -0.2) is 0 Å². The van der Waals surface area contributed by atoms with Crippen molar-refractivity contribution in [2.24, 2.45) is 11.8 Å². The van der Waals surface area contributed by atoms with Crippen LogP contribution in [0.3, 0.4) is 0 Å². The molecule has 3 fully saturated rings. The third-order valence-electron chi connectivity index (χ3n) is 13.7. The monoisotopic (exact) mass is 689 g/mol. The molecule has 0 spiro atoms. The van der Waals surface area contributed by atoms with Crippen molar-refractivity contribution < 1.29 is 0 Å². The van der Waals surface area contributed by atoms with Gasteiger partial charge in [-0.3, -0.25) is 0 Å². The predicted molar refractivity (Wildman–Crippen MR) is 224 cm³/mol. The van der Waals surface area contributed by atoms with Gasteiger partial charge in [-0.15, -0.1) is 0 Å². The summed E-state index contributed by atoms with van der Waals surface area (Å²) in [6, 6.07) is 53.5. The summed E-state index contributed by atoms with van der Waals surface area (Å²) < 4.78 is 0. The van der Waals surface area contributed by atoms with Crippen LogP contribution in [0.15, 0.2) is 140 Å². The molecule has 4 aliphatic rings. The lowest BCUT2D eigenvalue weighted by molar-refractivity contribution is 0.420. The average Bonchev–Trinajstić information content (AvgIpc) is 3.92. The van der Waals surface area contributed by atoms with Crippen LogP contribution < -0.4 is 4.90 Å². The molecule has 1 heteroatoms. The summed E-state index contributed by atoms with van der Waals surface area (Å²) in [4.78, 5) is 2.54. The van der Waals surface area contributed by atoms with Gasteiger partial charge in [-0.2, -0.15) is 0 Å². The summed E-state index contributed by atoms with van der Waals surface area (Å²) in [5, 5.41) is 0. The van der Waals surface area contributed by atoms with Crippen molar-refractivity contribution >= 4 is 17.1 Å². The van der Waals surface area contributed by atoms with E-state index in [1.807, 2.05) is 0 Å². The first-order chi connectivity index (χ1) is 26.0. The second-order valence-electron chi connectivity index (χ2n) is 17.1. The molecule has 10 rings (SSSR count). The molecule has 0 N–H and O–H groups in total. The Labute approximate surface area is 316 Å². The fourth-order valence-corrected chi connectivity index (χ4v) is 11.1. The Morgan fingerprint density at radius 2 is 1.25 bits per heavy atom. The quantitative estimate of drug-likeness (QED) is 0.161. The first kappa shape index (κ1) is 32.7. The Kier molecular flexibility index (Phi) is 8.16. The maximum Gasteiger partial charge on any atom is 0.0543 e. The molecule has 264 valence electrons. The van der Waals surface area contributed by atoms with E-state index in [1.165, 1.54) is 130 Å². The number of hydrogen-bond donors (Lipinski definition) is 0. The summed E-state index contributed by atoms with van der Waals surface area (Å²) in [5.41, 5.74) is 17.3. The first-order valence-corrected chi connectivity index (χ1v) is 20.5. The average molecular weight is 690 g/mol. The van der Waals surface area contributed by atoms with Crippen molar-refractivity contribution in [1.82, 2.24) is 0 Å². The second-order valence-corrected chi connectivity index (χ2v) is 17.1. The molecule has 6 aromatic carbocycles. The van der Waals surface area contributed by atoms with E-state index in [1.54, 1.807) is 0 Å². The van der Waals surface area contributed by atoms with Gasteiger partial charge >= 0.3 is 0 Å². The van der Waals surface area contributed by atoms with Gasteiger partial charge in [0.2, 0.25) is 0 Å². The number of nitrogens with zero attached hydrogens (tertiary/aromatic N) is 1. The maximum atomic E-state index is 2.54. The fraction of sp³-hybridized carbons (Fsp3) is 0.308. The molecule has 0 aromatic heterocycles. The highest BCUT2D eigenvalue weighted by Crippen LogP contribution is 2.57. The fourth-order valence-electron chi connectivity index (χ4n) is 11.1. The standard InChI is InChI=1S/C52H51N/c1-52(2)48-19-10-9-18-45(48)46-30-31-49(50(51(46)52)39-14-7-4-8-15-39)53(44-28-24-38(25-29-44)47-33-35-20-21-42(47)32-35)43-26-22-37(23-27-43)41-17-11-16-40(34-41)36-12-5-3-6-13-36/h4,7-11,14-19,22-31,34-36,42,47H,3,5-6,12-13,20-21,32-33H2,1-2H3. The topological polar surface area (TPSA) is 3.24 Å². The van der Waals surface area contributed by atoms with Crippen molar-refractivity contribution in [2.75, 3.05) is 4.90 Å². The molecule has 0 saturated heterocycles. The van der Waals surface area contributed by atoms with Crippen LogP contribution in [-0.4, -0.2) is 0 Å². The van der Waals surface area contributed by atoms with Gasteiger partial charge < -0.3 is 4.90 Å². The van der Waals surface area contributed by atoms with Crippen LogP contribution in [0.2, 0.25) is 0 Å². The van der Waals surface area contributed by atoms with Crippen molar-refractivity contribution in [3.05, 3.63) is 162 Å². The predicted octanol–water partition coefficient (Wildman–Crippen LogP) is 14.7. The number of fused-ring (bicyclic) bond motifs is 5. The van der Waals surface area contributed by atoms with Gasteiger partial charge in [0.05, 0.1) is 5.69 Å². The van der Waals surface area contributed by atoms with E-state index in [-0.39, 0.29) is 5.41 Å². The lowest BCUT2D eigenvalue weighted by Gasteiger charge is -2.32.